The van der Waals surface area contributed by atoms with Gasteiger partial charge in [0.15, 0.2) is 5.78 Å². The van der Waals surface area contributed by atoms with Crippen LogP contribution in [0.5, 0.6) is 5.75 Å². The smallest absolute Gasteiger partial charge is 0.187 e. The first-order valence-electron chi connectivity index (χ1n) is 8.09. The molecule has 0 bridgehead atoms. The molecule has 1 aliphatic carbocycles. The number of aromatic hydroxyl groups is 1. The van der Waals surface area contributed by atoms with Crippen LogP contribution in [0.3, 0.4) is 0 Å². The number of phenolic OH excluding ortho intramolecular Hbond substituents is 1. The Bertz CT molecular complexity index is 731. The van der Waals surface area contributed by atoms with Crippen molar-refractivity contribution in [1.82, 2.24) is 0 Å². The van der Waals surface area contributed by atoms with Gasteiger partial charge in [-0.2, -0.15) is 0 Å². The van der Waals surface area contributed by atoms with Crippen molar-refractivity contribution < 1.29 is 9.90 Å². The Morgan fingerprint density at radius 3 is 1.88 bits per heavy atom. The molecule has 0 radical (unpaired) electrons. The molecule has 1 aromatic rings. The van der Waals surface area contributed by atoms with Crippen LogP contribution in [0.1, 0.15) is 58.2 Å². The fourth-order valence-corrected chi connectivity index (χ4v) is 2.85. The molecule has 0 atom stereocenters. The number of allylic oxidation sites excluding steroid dienone is 5. The van der Waals surface area contributed by atoms with Crippen molar-refractivity contribution >= 4 is 23.5 Å². The third kappa shape index (κ3) is 3.99. The van der Waals surface area contributed by atoms with Crippen LogP contribution in [0.2, 0.25) is 0 Å². The molecule has 24 heavy (non-hydrogen) atoms. The van der Waals surface area contributed by atoms with Crippen molar-refractivity contribution in [3.63, 3.8) is 0 Å². The molecule has 0 fully saturated rings. The normalized spacial score (nSPS) is 17.4. The summed E-state index contributed by atoms with van der Waals surface area (Å²) < 4.78 is 0. The fraction of sp³-hybridized carbons (Fsp3) is 0.381. The van der Waals surface area contributed by atoms with E-state index in [0.29, 0.717) is 16.4 Å². The summed E-state index contributed by atoms with van der Waals surface area (Å²) in [5, 5.41) is 11.2. The summed E-state index contributed by atoms with van der Waals surface area (Å²) in [6, 6.07) is 3.91. The molecule has 0 saturated heterocycles. The van der Waals surface area contributed by atoms with Gasteiger partial charge in [0.25, 0.3) is 0 Å². The van der Waals surface area contributed by atoms with Gasteiger partial charge in [0.1, 0.15) is 5.75 Å². The van der Waals surface area contributed by atoms with Crippen LogP contribution < -0.4 is 0 Å². The Morgan fingerprint density at radius 1 is 0.958 bits per heavy atom. The van der Waals surface area contributed by atoms with E-state index >= 15 is 0 Å². The summed E-state index contributed by atoms with van der Waals surface area (Å²) in [7, 11) is 0. The molecule has 128 valence electrons. The van der Waals surface area contributed by atoms with Crippen LogP contribution in [-0.4, -0.2) is 10.9 Å². The van der Waals surface area contributed by atoms with Crippen molar-refractivity contribution in [3.8, 4) is 5.75 Å². The van der Waals surface area contributed by atoms with Crippen LogP contribution in [0, 0.1) is 0 Å². The number of carbonyl (C=O) groups is 1. The van der Waals surface area contributed by atoms with Gasteiger partial charge >= 0.3 is 0 Å². The first-order chi connectivity index (χ1) is 10.9. The van der Waals surface area contributed by atoms with Crippen LogP contribution in [0.4, 0.5) is 0 Å². The molecule has 0 aromatic heterocycles. The van der Waals surface area contributed by atoms with Crippen molar-refractivity contribution in [1.29, 1.82) is 0 Å². The number of hydrogen-bond acceptors (Lipinski definition) is 2. The minimum absolute atomic E-state index is 0.106. The van der Waals surface area contributed by atoms with Crippen molar-refractivity contribution in [2.45, 2.75) is 52.4 Å². The first kappa shape index (κ1) is 18.5. The highest BCUT2D eigenvalue weighted by Gasteiger charge is 2.26. The molecule has 2 nitrogen and oxygen atoms in total. The lowest BCUT2D eigenvalue weighted by atomic mass is 9.78. The third-order valence-electron chi connectivity index (χ3n) is 4.05. The summed E-state index contributed by atoms with van der Waals surface area (Å²) in [6.07, 6.45) is 6.71. The van der Waals surface area contributed by atoms with E-state index in [2.05, 4.69) is 41.5 Å². The zero-order valence-corrected chi connectivity index (χ0v) is 16.0. The maximum atomic E-state index is 12.1. The van der Waals surface area contributed by atoms with Gasteiger partial charge in [-0.1, -0.05) is 53.1 Å². The second-order valence-corrected chi connectivity index (χ2v) is 8.73. The van der Waals surface area contributed by atoms with E-state index in [0.717, 1.165) is 16.7 Å². The lowest BCUT2D eigenvalue weighted by molar-refractivity contribution is -0.111. The van der Waals surface area contributed by atoms with Gasteiger partial charge in [-0.15, -0.1) is 0 Å². The Kier molecular flexibility index (Phi) is 4.83. The summed E-state index contributed by atoms with van der Waals surface area (Å²) >= 11 is 5.86. The fourth-order valence-electron chi connectivity index (χ4n) is 2.69. The number of halogens is 1. The molecule has 1 aromatic carbocycles. The third-order valence-corrected chi connectivity index (χ3v) is 4.28. The van der Waals surface area contributed by atoms with Gasteiger partial charge in [-0.05, 0) is 46.8 Å². The predicted molar refractivity (Wildman–Crippen MR) is 102 cm³/mol. The van der Waals surface area contributed by atoms with Gasteiger partial charge in [-0.25, -0.2) is 0 Å². The quantitative estimate of drug-likeness (QED) is 0.670. The Labute approximate surface area is 149 Å². The minimum atomic E-state index is -0.200. The highest BCUT2D eigenvalue weighted by molar-refractivity contribution is 6.34. The number of phenols is 1. The van der Waals surface area contributed by atoms with E-state index in [9.17, 15) is 9.90 Å². The lowest BCUT2D eigenvalue weighted by Gasteiger charge is -2.28. The van der Waals surface area contributed by atoms with Crippen molar-refractivity contribution in [2.75, 3.05) is 0 Å². The zero-order valence-electron chi connectivity index (χ0n) is 15.2. The number of ketones is 1. The van der Waals surface area contributed by atoms with Gasteiger partial charge in [0, 0.05) is 27.8 Å². The van der Waals surface area contributed by atoms with Crippen LogP contribution in [0.25, 0.3) is 6.08 Å². The monoisotopic (exact) mass is 344 g/mol. The molecule has 1 N–H and O–H groups in total. The molecule has 0 amide bonds. The maximum Gasteiger partial charge on any atom is 0.187 e. The average molecular weight is 345 g/mol. The van der Waals surface area contributed by atoms with E-state index in [4.69, 9.17) is 11.6 Å². The number of carbonyl (C=O) groups excluding carboxylic acids is 1. The van der Waals surface area contributed by atoms with E-state index in [1.54, 1.807) is 12.2 Å². The summed E-state index contributed by atoms with van der Waals surface area (Å²) in [6.45, 7) is 12.4. The average Bonchev–Trinajstić information content (AvgIpc) is 2.41. The van der Waals surface area contributed by atoms with E-state index < -0.39 is 0 Å². The number of benzene rings is 1. The lowest BCUT2D eigenvalue weighted by Crippen LogP contribution is -2.17. The van der Waals surface area contributed by atoms with Gasteiger partial charge < -0.3 is 5.11 Å². The summed E-state index contributed by atoms with van der Waals surface area (Å²) in [4.78, 5) is 12.1. The molecular formula is C21H25ClO2. The van der Waals surface area contributed by atoms with E-state index in [1.165, 1.54) is 6.08 Å². The van der Waals surface area contributed by atoms with E-state index in [-0.39, 0.29) is 16.6 Å². The molecule has 0 heterocycles. The summed E-state index contributed by atoms with van der Waals surface area (Å²) in [5.74, 6) is 0.232. The van der Waals surface area contributed by atoms with Crippen LogP contribution >= 0.6 is 11.6 Å². The largest absolute Gasteiger partial charge is 0.507 e. The number of hydrogen-bond donors (Lipinski definition) is 1. The second-order valence-electron chi connectivity index (χ2n) is 8.29. The Hall–Kier alpha value is -1.80. The standard InChI is InChI=1S/C21H25ClO2/c1-20(2,3)16-10-13(11-17(19(16)24)21(4,5)6)9-14-7-8-15(22)12-18(14)23/h7-12,24H,1-6H3. The van der Waals surface area contributed by atoms with Crippen molar-refractivity contribution in [2.24, 2.45) is 0 Å². The molecule has 1 aliphatic rings. The number of rotatable bonds is 1. The molecule has 0 saturated carbocycles. The topological polar surface area (TPSA) is 37.3 Å². The molecule has 3 heteroatoms. The van der Waals surface area contributed by atoms with Gasteiger partial charge in [-0.3, -0.25) is 4.79 Å². The second kappa shape index (κ2) is 6.25. The molecule has 2 rings (SSSR count). The first-order valence-corrected chi connectivity index (χ1v) is 8.46. The van der Waals surface area contributed by atoms with Crippen LogP contribution in [-0.2, 0) is 15.6 Å². The molecular weight excluding hydrogens is 320 g/mol. The van der Waals surface area contributed by atoms with Crippen LogP contribution in [0.15, 0.2) is 41.0 Å². The molecule has 0 aliphatic heterocycles. The SMILES string of the molecule is CC(C)(C)c1cc(C=C2C=CC(Cl)=CC2=O)cc(C(C)(C)C)c1O. The Balaban J connectivity index is 2.64. The van der Waals surface area contributed by atoms with E-state index in [1.807, 2.05) is 18.2 Å². The van der Waals surface area contributed by atoms with Crippen molar-refractivity contribution in [3.05, 3.63) is 57.7 Å². The maximum absolute atomic E-state index is 12.1. The predicted octanol–water partition coefficient (Wildman–Crippen LogP) is 5.63. The van der Waals surface area contributed by atoms with Gasteiger partial charge in [0.2, 0.25) is 0 Å². The highest BCUT2D eigenvalue weighted by Crippen LogP contribution is 2.40. The Morgan fingerprint density at radius 2 is 1.46 bits per heavy atom. The summed E-state index contributed by atoms with van der Waals surface area (Å²) in [5.41, 5.74) is 2.85. The molecule has 0 unspecified atom stereocenters. The highest BCUT2D eigenvalue weighted by atomic mass is 35.5. The minimum Gasteiger partial charge on any atom is -0.507 e. The molecule has 0 spiro atoms. The zero-order chi connectivity index (χ0) is 18.3. The van der Waals surface area contributed by atoms with Gasteiger partial charge in [0.05, 0.1) is 0 Å².